The zero-order chi connectivity index (χ0) is 23.5. The SMILES string of the molecule is C/C=C(\C=N)C1Nc2c(oc3ccccc23)NC1N1c2ccccc2C2=Cc3ccccc3CC21. The van der Waals surface area contributed by atoms with Gasteiger partial charge in [0.2, 0.25) is 5.88 Å². The molecule has 0 amide bonds. The second-order valence-corrected chi connectivity index (χ2v) is 9.39. The molecule has 5 nitrogen and oxygen atoms in total. The third kappa shape index (κ3) is 2.91. The molecule has 0 fully saturated rings. The van der Waals surface area contributed by atoms with Gasteiger partial charge < -0.3 is 25.4 Å². The normalized spacial score (nSPS) is 22.3. The number of para-hydroxylation sites is 2. The van der Waals surface area contributed by atoms with E-state index in [1.54, 1.807) is 0 Å². The molecule has 7 rings (SSSR count). The standard InChI is InChI=1S/C30H26N4O/c1-2-18(17-31)27-29(33-30-28(32-27)22-12-6-8-14-26(22)35-30)34-24-13-7-5-11-21(24)23-15-19-9-3-4-10-20(19)16-25(23)34/h2-15,17,25,27,29,31-33H,16H2,1H3/b18-2+,31-17?. The second kappa shape index (κ2) is 7.64. The Kier molecular flexibility index (Phi) is 4.40. The van der Waals surface area contributed by atoms with Crippen LogP contribution in [0.4, 0.5) is 17.3 Å². The number of hydrogen-bond donors (Lipinski definition) is 3. The van der Waals surface area contributed by atoms with Crippen molar-refractivity contribution in [3.8, 4) is 0 Å². The predicted molar refractivity (Wildman–Crippen MR) is 144 cm³/mol. The van der Waals surface area contributed by atoms with Crippen LogP contribution in [0.2, 0.25) is 0 Å². The first kappa shape index (κ1) is 20.2. The van der Waals surface area contributed by atoms with E-state index in [-0.39, 0.29) is 18.2 Å². The molecule has 0 saturated carbocycles. The van der Waals surface area contributed by atoms with Gasteiger partial charge in [-0.2, -0.15) is 0 Å². The van der Waals surface area contributed by atoms with E-state index in [9.17, 15) is 0 Å². The summed E-state index contributed by atoms with van der Waals surface area (Å²) >= 11 is 0. The molecule has 1 aliphatic carbocycles. The van der Waals surface area contributed by atoms with Gasteiger partial charge in [0, 0.05) is 22.9 Å². The quantitative estimate of drug-likeness (QED) is 0.305. The number of allylic oxidation sites excluding steroid dienone is 1. The molecule has 3 aliphatic rings. The fourth-order valence-electron chi connectivity index (χ4n) is 5.99. The van der Waals surface area contributed by atoms with E-state index in [4.69, 9.17) is 9.83 Å². The maximum absolute atomic E-state index is 8.18. The minimum absolute atomic E-state index is 0.129. The number of benzene rings is 3. The third-order valence-corrected chi connectivity index (χ3v) is 7.62. The molecule has 5 heteroatoms. The summed E-state index contributed by atoms with van der Waals surface area (Å²) in [5.41, 5.74) is 9.25. The Bertz CT molecular complexity index is 1550. The Morgan fingerprint density at radius 3 is 2.69 bits per heavy atom. The first-order chi connectivity index (χ1) is 17.3. The monoisotopic (exact) mass is 458 g/mol. The van der Waals surface area contributed by atoms with Crippen LogP contribution in [0, 0.1) is 5.41 Å². The molecule has 1 aromatic heterocycles. The van der Waals surface area contributed by atoms with Gasteiger partial charge in [-0.25, -0.2) is 0 Å². The van der Waals surface area contributed by atoms with Crippen LogP contribution in [0.5, 0.6) is 0 Å². The van der Waals surface area contributed by atoms with Crippen molar-refractivity contribution in [3.63, 3.8) is 0 Å². The number of hydrogen-bond acceptors (Lipinski definition) is 5. The summed E-state index contributed by atoms with van der Waals surface area (Å²) in [4.78, 5) is 2.50. The topological polar surface area (TPSA) is 64.3 Å². The van der Waals surface area contributed by atoms with E-state index < -0.39 is 0 Å². The Morgan fingerprint density at radius 1 is 1.00 bits per heavy atom. The lowest BCUT2D eigenvalue weighted by Gasteiger charge is -2.44. The van der Waals surface area contributed by atoms with Crippen LogP contribution in [-0.4, -0.2) is 24.5 Å². The summed E-state index contributed by atoms with van der Waals surface area (Å²) in [6.07, 6.45) is 6.64. The highest BCUT2D eigenvalue weighted by Crippen LogP contribution is 2.49. The van der Waals surface area contributed by atoms with Gasteiger partial charge in [-0.3, -0.25) is 0 Å². The fraction of sp³-hybridized carbons (Fsp3) is 0.167. The number of furan rings is 1. The molecule has 3 atom stereocenters. The largest absolute Gasteiger partial charge is 0.438 e. The Labute approximate surface area is 204 Å². The maximum atomic E-state index is 8.18. The minimum atomic E-state index is -0.141. The summed E-state index contributed by atoms with van der Waals surface area (Å²) < 4.78 is 6.26. The molecule has 4 aromatic rings. The van der Waals surface area contributed by atoms with Crippen molar-refractivity contribution >= 4 is 46.1 Å². The Morgan fingerprint density at radius 2 is 1.80 bits per heavy atom. The molecule has 2 aliphatic heterocycles. The van der Waals surface area contributed by atoms with Crippen LogP contribution in [0.25, 0.3) is 22.6 Å². The predicted octanol–water partition coefficient (Wildman–Crippen LogP) is 6.55. The van der Waals surface area contributed by atoms with E-state index in [1.165, 1.54) is 34.2 Å². The first-order valence-corrected chi connectivity index (χ1v) is 12.2. The van der Waals surface area contributed by atoms with Crippen molar-refractivity contribution in [1.29, 1.82) is 5.41 Å². The number of nitrogens with one attached hydrogen (secondary N) is 3. The van der Waals surface area contributed by atoms with Crippen LogP contribution in [0.15, 0.2) is 88.9 Å². The van der Waals surface area contributed by atoms with Gasteiger partial charge in [-0.15, -0.1) is 0 Å². The molecule has 0 spiro atoms. The van der Waals surface area contributed by atoms with Crippen molar-refractivity contribution in [1.82, 2.24) is 0 Å². The smallest absolute Gasteiger partial charge is 0.219 e. The molecular weight excluding hydrogens is 432 g/mol. The lowest BCUT2D eigenvalue weighted by molar-refractivity contribution is 0.531. The summed E-state index contributed by atoms with van der Waals surface area (Å²) in [5, 5.41) is 16.7. The van der Waals surface area contributed by atoms with Crippen molar-refractivity contribution in [2.75, 3.05) is 15.5 Å². The number of anilines is 3. The van der Waals surface area contributed by atoms with Crippen molar-refractivity contribution in [2.24, 2.45) is 0 Å². The average molecular weight is 459 g/mol. The zero-order valence-electron chi connectivity index (χ0n) is 19.5. The van der Waals surface area contributed by atoms with Crippen molar-refractivity contribution < 1.29 is 4.42 Å². The van der Waals surface area contributed by atoms with Crippen LogP contribution < -0.4 is 15.5 Å². The van der Waals surface area contributed by atoms with Gasteiger partial charge >= 0.3 is 0 Å². The second-order valence-electron chi connectivity index (χ2n) is 9.39. The van der Waals surface area contributed by atoms with E-state index in [2.05, 4.69) is 76.2 Å². The highest BCUT2D eigenvalue weighted by Gasteiger charge is 2.45. The van der Waals surface area contributed by atoms with Gasteiger partial charge in [-0.05, 0) is 59.9 Å². The van der Waals surface area contributed by atoms with Gasteiger partial charge in [-0.1, -0.05) is 60.7 Å². The Balaban J connectivity index is 1.40. The van der Waals surface area contributed by atoms with Gasteiger partial charge in [0.25, 0.3) is 0 Å². The molecule has 0 radical (unpaired) electrons. The highest BCUT2D eigenvalue weighted by molar-refractivity contribution is 6.01. The maximum Gasteiger partial charge on any atom is 0.219 e. The minimum Gasteiger partial charge on any atom is -0.438 e. The molecule has 0 saturated heterocycles. The number of nitrogens with zero attached hydrogens (tertiary/aromatic N) is 1. The zero-order valence-corrected chi connectivity index (χ0v) is 19.5. The van der Waals surface area contributed by atoms with E-state index in [0.29, 0.717) is 0 Å². The molecule has 0 bridgehead atoms. The van der Waals surface area contributed by atoms with Crippen LogP contribution in [0.1, 0.15) is 23.6 Å². The summed E-state index contributed by atoms with van der Waals surface area (Å²) in [6.45, 7) is 2.00. The lowest BCUT2D eigenvalue weighted by Crippen LogP contribution is -2.57. The molecule has 3 N–H and O–H groups in total. The number of rotatable bonds is 3. The van der Waals surface area contributed by atoms with Gasteiger partial charge in [0.1, 0.15) is 17.4 Å². The van der Waals surface area contributed by atoms with Crippen LogP contribution in [-0.2, 0) is 6.42 Å². The molecule has 35 heavy (non-hydrogen) atoms. The highest BCUT2D eigenvalue weighted by atomic mass is 16.4. The van der Waals surface area contributed by atoms with E-state index in [0.717, 1.165) is 34.5 Å². The molecular formula is C30H26N4O. The molecule has 3 unspecified atom stereocenters. The van der Waals surface area contributed by atoms with E-state index >= 15 is 0 Å². The van der Waals surface area contributed by atoms with Crippen LogP contribution >= 0.6 is 0 Å². The molecule has 3 heterocycles. The lowest BCUT2D eigenvalue weighted by atomic mass is 9.86. The average Bonchev–Trinajstić information content (AvgIpc) is 3.42. The Hall–Kier alpha value is -4.25. The van der Waals surface area contributed by atoms with Crippen LogP contribution in [0.3, 0.4) is 0 Å². The third-order valence-electron chi connectivity index (χ3n) is 7.62. The van der Waals surface area contributed by atoms with Gasteiger partial charge in [0.15, 0.2) is 0 Å². The summed E-state index contributed by atoms with van der Waals surface area (Å²) in [6, 6.07) is 25.5. The summed E-state index contributed by atoms with van der Waals surface area (Å²) in [5.74, 6) is 0.749. The van der Waals surface area contributed by atoms with Gasteiger partial charge in [0.05, 0.1) is 12.1 Å². The molecule has 3 aromatic carbocycles. The van der Waals surface area contributed by atoms with Crippen molar-refractivity contribution in [3.05, 3.63) is 101 Å². The summed E-state index contributed by atoms with van der Waals surface area (Å²) in [7, 11) is 0. The fourth-order valence-corrected chi connectivity index (χ4v) is 5.99. The van der Waals surface area contributed by atoms with E-state index in [1.807, 2.05) is 31.2 Å². The first-order valence-electron chi connectivity index (χ1n) is 12.2. The molecule has 172 valence electrons. The number of fused-ring (bicyclic) bond motifs is 7. The van der Waals surface area contributed by atoms with Crippen molar-refractivity contribution in [2.45, 2.75) is 31.6 Å².